The van der Waals surface area contributed by atoms with Gasteiger partial charge in [-0.15, -0.1) is 13.2 Å². The SMILES string of the molecule is COc1cc(C(=O)O)ccc1N(c1cccc(C#Cc2cccc(OC(F)(F)F)c2)n1)S(=O)O. The lowest BCUT2D eigenvalue weighted by Gasteiger charge is -2.21. The molecule has 0 aliphatic rings. The first kappa shape index (κ1) is 24.6. The summed E-state index contributed by atoms with van der Waals surface area (Å²) in [6.07, 6.45) is -4.84. The molecule has 0 radical (unpaired) electrons. The summed E-state index contributed by atoms with van der Waals surface area (Å²) in [5, 5.41) is 9.15. The molecule has 0 fully saturated rings. The van der Waals surface area contributed by atoms with E-state index in [4.69, 9.17) is 9.84 Å². The number of carbonyl (C=O) groups is 1. The second-order valence-corrected chi connectivity index (χ2v) is 7.25. The number of nitrogens with zero attached hydrogens (tertiary/aromatic N) is 2. The van der Waals surface area contributed by atoms with Crippen LogP contribution in [0.15, 0.2) is 60.7 Å². The van der Waals surface area contributed by atoms with Crippen molar-refractivity contribution in [3.05, 3.63) is 77.5 Å². The minimum atomic E-state index is -4.84. The molecule has 8 nitrogen and oxygen atoms in total. The third kappa shape index (κ3) is 6.25. The summed E-state index contributed by atoms with van der Waals surface area (Å²) < 4.78 is 69.2. The number of aromatic nitrogens is 1. The average Bonchev–Trinajstić information content (AvgIpc) is 2.77. The number of rotatable bonds is 6. The molecule has 0 saturated heterocycles. The Kier molecular flexibility index (Phi) is 7.40. The zero-order chi connectivity index (χ0) is 24.9. The molecule has 176 valence electrons. The van der Waals surface area contributed by atoms with E-state index in [0.717, 1.165) is 16.4 Å². The Balaban J connectivity index is 1.95. The number of alkyl halides is 3. The van der Waals surface area contributed by atoms with Crippen molar-refractivity contribution in [2.24, 2.45) is 0 Å². The second-order valence-electron chi connectivity index (χ2n) is 6.42. The predicted molar refractivity (Wildman–Crippen MR) is 116 cm³/mol. The number of methoxy groups -OCH3 is 1. The van der Waals surface area contributed by atoms with Crippen LogP contribution < -0.4 is 13.8 Å². The number of hydrogen-bond donors (Lipinski definition) is 2. The molecule has 2 aromatic carbocycles. The van der Waals surface area contributed by atoms with Gasteiger partial charge in [0.2, 0.25) is 0 Å². The maximum Gasteiger partial charge on any atom is 0.573 e. The van der Waals surface area contributed by atoms with Gasteiger partial charge in [0.1, 0.15) is 28.7 Å². The maximum absolute atomic E-state index is 12.4. The first-order valence-electron chi connectivity index (χ1n) is 9.24. The van der Waals surface area contributed by atoms with Crippen molar-refractivity contribution in [2.45, 2.75) is 6.36 Å². The van der Waals surface area contributed by atoms with Gasteiger partial charge < -0.3 is 14.6 Å². The standard InChI is InChI=1S/C22H15F3N2O6S/c1-32-19-13-15(21(28)29)9-11-18(19)27(34(30)31)20-7-3-5-16(26-20)10-8-14-4-2-6-17(12-14)33-22(23,24)25/h2-7,9,11-13H,1H3,(H,28,29)(H,30,31). The Morgan fingerprint density at radius 1 is 1.09 bits per heavy atom. The highest BCUT2D eigenvalue weighted by atomic mass is 32.2. The summed E-state index contributed by atoms with van der Waals surface area (Å²) in [5.41, 5.74) is 0.357. The molecule has 0 aliphatic carbocycles. The van der Waals surface area contributed by atoms with E-state index < -0.39 is 29.3 Å². The summed E-state index contributed by atoms with van der Waals surface area (Å²) in [5.74, 6) is 3.70. The average molecular weight is 492 g/mol. The summed E-state index contributed by atoms with van der Waals surface area (Å²) in [7, 11) is 1.27. The third-order valence-electron chi connectivity index (χ3n) is 4.15. The zero-order valence-corrected chi connectivity index (χ0v) is 18.1. The van der Waals surface area contributed by atoms with Crippen LogP contribution in [0.1, 0.15) is 21.6 Å². The molecule has 2 N–H and O–H groups in total. The molecule has 0 bridgehead atoms. The first-order valence-corrected chi connectivity index (χ1v) is 10.3. The molecule has 3 aromatic rings. The fourth-order valence-electron chi connectivity index (χ4n) is 2.78. The Bertz CT molecular complexity index is 1300. The molecule has 12 heteroatoms. The number of ether oxygens (including phenoxy) is 2. The molecule has 1 atom stereocenters. The highest BCUT2D eigenvalue weighted by molar-refractivity contribution is 7.81. The Hall–Kier alpha value is -4.08. The van der Waals surface area contributed by atoms with Crippen molar-refractivity contribution in [3.8, 4) is 23.3 Å². The van der Waals surface area contributed by atoms with Crippen LogP contribution in [-0.4, -0.2) is 38.3 Å². The van der Waals surface area contributed by atoms with Crippen LogP contribution in [0.25, 0.3) is 0 Å². The molecule has 0 aliphatic heterocycles. The van der Waals surface area contributed by atoms with E-state index in [2.05, 4.69) is 21.6 Å². The lowest BCUT2D eigenvalue weighted by atomic mass is 10.2. The van der Waals surface area contributed by atoms with Crippen LogP contribution >= 0.6 is 0 Å². The van der Waals surface area contributed by atoms with Crippen LogP contribution in [0.2, 0.25) is 0 Å². The van der Waals surface area contributed by atoms with E-state index in [1.165, 1.54) is 55.6 Å². The van der Waals surface area contributed by atoms with Gasteiger partial charge in [0, 0.05) is 5.56 Å². The number of aromatic carboxylic acids is 1. The van der Waals surface area contributed by atoms with Crippen molar-refractivity contribution in [1.82, 2.24) is 4.98 Å². The molecule has 0 spiro atoms. The summed E-state index contributed by atoms with van der Waals surface area (Å²) in [6.45, 7) is 0. The minimum absolute atomic E-state index is 0.0110. The lowest BCUT2D eigenvalue weighted by molar-refractivity contribution is -0.274. The number of carboxylic acids is 1. The van der Waals surface area contributed by atoms with Gasteiger partial charge >= 0.3 is 12.3 Å². The van der Waals surface area contributed by atoms with Gasteiger partial charge in [-0.05, 0) is 54.5 Å². The number of pyridine rings is 1. The largest absolute Gasteiger partial charge is 0.573 e. The van der Waals surface area contributed by atoms with Gasteiger partial charge in [0.05, 0.1) is 12.7 Å². The number of halogens is 3. The van der Waals surface area contributed by atoms with Gasteiger partial charge in [-0.25, -0.2) is 18.3 Å². The van der Waals surface area contributed by atoms with Gasteiger partial charge in [0.25, 0.3) is 11.3 Å². The number of anilines is 2. The molecule has 0 amide bonds. The number of carboxylic acid groups (broad SMARTS) is 1. The van der Waals surface area contributed by atoms with E-state index in [1.54, 1.807) is 0 Å². The summed E-state index contributed by atoms with van der Waals surface area (Å²) in [4.78, 5) is 15.4. The third-order valence-corrected chi connectivity index (χ3v) is 4.84. The van der Waals surface area contributed by atoms with Crippen molar-refractivity contribution < 1.29 is 41.3 Å². The van der Waals surface area contributed by atoms with Crippen LogP contribution in [0.3, 0.4) is 0 Å². The Morgan fingerprint density at radius 2 is 1.82 bits per heavy atom. The molecule has 0 saturated carbocycles. The quantitative estimate of drug-likeness (QED) is 0.389. The highest BCUT2D eigenvalue weighted by Gasteiger charge is 2.31. The maximum atomic E-state index is 12.4. The van der Waals surface area contributed by atoms with Crippen LogP contribution in [0.4, 0.5) is 24.7 Å². The van der Waals surface area contributed by atoms with E-state index in [9.17, 15) is 26.7 Å². The lowest BCUT2D eigenvalue weighted by Crippen LogP contribution is -2.21. The number of hydrogen-bond acceptors (Lipinski definition) is 5. The van der Waals surface area contributed by atoms with E-state index in [1.807, 2.05) is 0 Å². The first-order chi connectivity index (χ1) is 16.1. The summed E-state index contributed by atoms with van der Waals surface area (Å²) in [6, 6.07) is 13.2. The number of benzene rings is 2. The molecule has 1 heterocycles. The minimum Gasteiger partial charge on any atom is -0.495 e. The fraction of sp³-hybridized carbons (Fsp3) is 0.0909. The van der Waals surface area contributed by atoms with Crippen LogP contribution in [0.5, 0.6) is 11.5 Å². The van der Waals surface area contributed by atoms with Crippen molar-refractivity contribution in [1.29, 1.82) is 0 Å². The molecule has 1 aromatic heterocycles. The van der Waals surface area contributed by atoms with E-state index in [-0.39, 0.29) is 34.1 Å². The van der Waals surface area contributed by atoms with Crippen LogP contribution in [-0.2, 0) is 11.3 Å². The Labute approximate surface area is 194 Å². The van der Waals surface area contributed by atoms with Gasteiger partial charge in [-0.1, -0.05) is 18.1 Å². The monoisotopic (exact) mass is 492 g/mol. The van der Waals surface area contributed by atoms with Crippen LogP contribution in [0, 0.1) is 11.8 Å². The topological polar surface area (TPSA) is 109 Å². The fourth-order valence-corrected chi connectivity index (χ4v) is 3.36. The smallest absolute Gasteiger partial charge is 0.495 e. The molecular weight excluding hydrogens is 477 g/mol. The van der Waals surface area contributed by atoms with Gasteiger partial charge in [-0.3, -0.25) is 4.55 Å². The molecular formula is C22H15F3N2O6S. The van der Waals surface area contributed by atoms with E-state index >= 15 is 0 Å². The normalized spacial score (nSPS) is 11.7. The molecule has 1 unspecified atom stereocenters. The highest BCUT2D eigenvalue weighted by Crippen LogP contribution is 2.35. The van der Waals surface area contributed by atoms with Crippen molar-refractivity contribution >= 4 is 28.7 Å². The zero-order valence-electron chi connectivity index (χ0n) is 17.2. The van der Waals surface area contributed by atoms with E-state index in [0.29, 0.717) is 0 Å². The van der Waals surface area contributed by atoms with Crippen molar-refractivity contribution in [3.63, 3.8) is 0 Å². The second kappa shape index (κ2) is 10.2. The Morgan fingerprint density at radius 3 is 2.47 bits per heavy atom. The predicted octanol–water partition coefficient (Wildman–Crippen LogP) is 4.36. The molecule has 3 rings (SSSR count). The van der Waals surface area contributed by atoms with Gasteiger partial charge in [-0.2, -0.15) is 0 Å². The summed E-state index contributed by atoms with van der Waals surface area (Å²) >= 11 is -2.62. The van der Waals surface area contributed by atoms with Crippen molar-refractivity contribution in [2.75, 3.05) is 11.4 Å². The van der Waals surface area contributed by atoms with Gasteiger partial charge in [0.15, 0.2) is 0 Å². The molecule has 34 heavy (non-hydrogen) atoms.